The maximum absolute atomic E-state index is 11.9. The van der Waals surface area contributed by atoms with E-state index in [1.807, 2.05) is 48.5 Å². The number of hydrogen-bond acceptors (Lipinski definition) is 4. The molecule has 0 aliphatic carbocycles. The van der Waals surface area contributed by atoms with E-state index in [0.717, 1.165) is 22.6 Å². The van der Waals surface area contributed by atoms with E-state index < -0.39 is 0 Å². The van der Waals surface area contributed by atoms with E-state index in [1.54, 1.807) is 14.2 Å². The van der Waals surface area contributed by atoms with Crippen LogP contribution in [-0.2, 0) is 22.4 Å². The summed E-state index contributed by atoms with van der Waals surface area (Å²) in [6, 6.07) is 15.3. The first-order chi connectivity index (χ1) is 13.1. The van der Waals surface area contributed by atoms with Gasteiger partial charge >= 0.3 is 0 Å². The van der Waals surface area contributed by atoms with E-state index in [-0.39, 0.29) is 18.2 Å². The van der Waals surface area contributed by atoms with Gasteiger partial charge in [-0.25, -0.2) is 0 Å². The monoisotopic (exact) mass is 370 g/mol. The number of benzene rings is 2. The Morgan fingerprint density at radius 1 is 0.741 bits per heavy atom. The van der Waals surface area contributed by atoms with E-state index >= 15 is 0 Å². The van der Waals surface area contributed by atoms with Gasteiger partial charge in [0.05, 0.1) is 14.2 Å². The average molecular weight is 370 g/mol. The number of methoxy groups -OCH3 is 2. The number of amides is 2. The predicted molar refractivity (Wildman–Crippen MR) is 104 cm³/mol. The Morgan fingerprint density at radius 3 is 1.56 bits per heavy atom. The van der Waals surface area contributed by atoms with E-state index in [4.69, 9.17) is 9.47 Å². The van der Waals surface area contributed by atoms with Gasteiger partial charge in [-0.2, -0.15) is 0 Å². The molecular weight excluding hydrogens is 344 g/mol. The fourth-order valence-electron chi connectivity index (χ4n) is 2.76. The molecule has 6 heteroatoms. The second-order valence-electron chi connectivity index (χ2n) is 6.00. The molecule has 2 aromatic carbocycles. The zero-order valence-electron chi connectivity index (χ0n) is 15.8. The summed E-state index contributed by atoms with van der Waals surface area (Å²) in [5, 5.41) is 5.53. The third-order valence-electron chi connectivity index (χ3n) is 4.14. The number of nitrogens with one attached hydrogen (secondary N) is 2. The summed E-state index contributed by atoms with van der Waals surface area (Å²) < 4.78 is 10.6. The molecule has 0 atom stereocenters. The van der Waals surface area contributed by atoms with Gasteiger partial charge in [-0.05, 0) is 36.1 Å². The third-order valence-corrected chi connectivity index (χ3v) is 4.14. The number of rotatable bonds is 10. The molecule has 6 nitrogen and oxygen atoms in total. The standard InChI is InChI=1S/C21H26N2O4/c1-26-18-9-5-3-7-16(18)11-13-22-20(24)15-21(25)23-14-12-17-8-4-6-10-19(17)27-2/h3-10H,11-15H2,1-2H3,(H,22,24)(H,23,25). The van der Waals surface area contributed by atoms with Crippen LogP contribution in [0.4, 0.5) is 0 Å². The third kappa shape index (κ3) is 6.66. The highest BCUT2D eigenvalue weighted by molar-refractivity contribution is 5.96. The normalized spacial score (nSPS) is 10.1. The zero-order valence-corrected chi connectivity index (χ0v) is 15.8. The summed E-state index contributed by atoms with van der Waals surface area (Å²) in [7, 11) is 3.24. The van der Waals surface area contributed by atoms with Gasteiger partial charge in [0.2, 0.25) is 11.8 Å². The van der Waals surface area contributed by atoms with Crippen molar-refractivity contribution in [3.8, 4) is 11.5 Å². The maximum Gasteiger partial charge on any atom is 0.229 e. The molecule has 2 N–H and O–H groups in total. The number of para-hydroxylation sites is 2. The Bertz CT molecular complexity index is 698. The molecule has 27 heavy (non-hydrogen) atoms. The van der Waals surface area contributed by atoms with E-state index in [2.05, 4.69) is 10.6 Å². The van der Waals surface area contributed by atoms with E-state index in [1.165, 1.54) is 0 Å². The summed E-state index contributed by atoms with van der Waals surface area (Å²) >= 11 is 0. The van der Waals surface area contributed by atoms with Crippen molar-refractivity contribution in [2.75, 3.05) is 27.3 Å². The molecule has 0 aliphatic heterocycles. The van der Waals surface area contributed by atoms with Crippen LogP contribution in [-0.4, -0.2) is 39.1 Å². The van der Waals surface area contributed by atoms with Crippen LogP contribution in [0.15, 0.2) is 48.5 Å². The van der Waals surface area contributed by atoms with Crippen molar-refractivity contribution in [1.82, 2.24) is 10.6 Å². The fourth-order valence-corrected chi connectivity index (χ4v) is 2.76. The highest BCUT2D eigenvalue weighted by atomic mass is 16.5. The zero-order chi connectivity index (χ0) is 19.5. The van der Waals surface area contributed by atoms with Crippen LogP contribution in [0.5, 0.6) is 11.5 Å². The van der Waals surface area contributed by atoms with Gasteiger partial charge in [0.25, 0.3) is 0 Å². The van der Waals surface area contributed by atoms with Crippen molar-refractivity contribution in [3.63, 3.8) is 0 Å². The first-order valence-electron chi connectivity index (χ1n) is 8.91. The van der Waals surface area contributed by atoms with Crippen molar-refractivity contribution < 1.29 is 19.1 Å². The Morgan fingerprint density at radius 2 is 1.15 bits per heavy atom. The van der Waals surface area contributed by atoms with Gasteiger partial charge in [0, 0.05) is 13.1 Å². The van der Waals surface area contributed by atoms with Crippen molar-refractivity contribution in [2.24, 2.45) is 0 Å². The fraction of sp³-hybridized carbons (Fsp3) is 0.333. The van der Waals surface area contributed by atoms with Crippen LogP contribution in [0.1, 0.15) is 17.5 Å². The topological polar surface area (TPSA) is 76.7 Å². The van der Waals surface area contributed by atoms with Gasteiger partial charge in [-0.15, -0.1) is 0 Å². The molecule has 0 heterocycles. The Kier molecular flexibility index (Phi) is 8.16. The van der Waals surface area contributed by atoms with Crippen molar-refractivity contribution >= 4 is 11.8 Å². The molecule has 2 rings (SSSR count). The van der Waals surface area contributed by atoms with Gasteiger partial charge in [0.1, 0.15) is 17.9 Å². The van der Waals surface area contributed by atoms with Gasteiger partial charge in [-0.3, -0.25) is 9.59 Å². The molecule has 2 aromatic rings. The molecule has 0 saturated heterocycles. The van der Waals surface area contributed by atoms with Gasteiger partial charge in [0.15, 0.2) is 0 Å². The van der Waals surface area contributed by atoms with Crippen LogP contribution in [0.25, 0.3) is 0 Å². The number of carbonyl (C=O) groups excluding carboxylic acids is 2. The molecule has 0 spiro atoms. The molecular formula is C21H26N2O4. The summed E-state index contributed by atoms with van der Waals surface area (Å²) in [5.74, 6) is 1.00. The molecule has 0 aliphatic rings. The minimum absolute atomic E-state index is 0.183. The maximum atomic E-state index is 11.9. The first kappa shape index (κ1) is 20.3. The second-order valence-corrected chi connectivity index (χ2v) is 6.00. The minimum atomic E-state index is -0.292. The van der Waals surface area contributed by atoms with Gasteiger partial charge < -0.3 is 20.1 Å². The molecule has 0 bridgehead atoms. The summed E-state index contributed by atoms with van der Waals surface area (Å²) in [4.78, 5) is 23.8. The van der Waals surface area contributed by atoms with Crippen LogP contribution in [0.2, 0.25) is 0 Å². The quantitative estimate of drug-likeness (QED) is 0.628. The Balaban J connectivity index is 1.67. The summed E-state index contributed by atoms with van der Waals surface area (Å²) in [5.41, 5.74) is 2.03. The lowest BCUT2D eigenvalue weighted by Gasteiger charge is -2.10. The largest absolute Gasteiger partial charge is 0.496 e. The lowest BCUT2D eigenvalue weighted by Crippen LogP contribution is -2.33. The Labute approximate surface area is 159 Å². The molecule has 0 unspecified atom stereocenters. The molecule has 2 amide bonds. The predicted octanol–water partition coefficient (Wildman–Crippen LogP) is 2.11. The molecule has 0 saturated carbocycles. The van der Waals surface area contributed by atoms with Gasteiger partial charge in [-0.1, -0.05) is 36.4 Å². The van der Waals surface area contributed by atoms with Crippen molar-refractivity contribution in [1.29, 1.82) is 0 Å². The minimum Gasteiger partial charge on any atom is -0.496 e. The smallest absolute Gasteiger partial charge is 0.229 e. The van der Waals surface area contributed by atoms with Crippen LogP contribution in [0.3, 0.4) is 0 Å². The number of ether oxygens (including phenoxy) is 2. The second kappa shape index (κ2) is 10.9. The molecule has 0 fully saturated rings. The molecule has 0 aromatic heterocycles. The number of hydrogen-bond donors (Lipinski definition) is 2. The molecule has 0 radical (unpaired) electrons. The number of carbonyl (C=O) groups is 2. The van der Waals surface area contributed by atoms with E-state index in [9.17, 15) is 9.59 Å². The Hall–Kier alpha value is -3.02. The molecule has 144 valence electrons. The summed E-state index contributed by atoms with van der Waals surface area (Å²) in [6.07, 6.45) is 1.11. The van der Waals surface area contributed by atoms with Crippen LogP contribution >= 0.6 is 0 Å². The average Bonchev–Trinajstić information content (AvgIpc) is 2.68. The lowest BCUT2D eigenvalue weighted by molar-refractivity contribution is -0.129. The van der Waals surface area contributed by atoms with Crippen LogP contribution in [0, 0.1) is 0 Å². The van der Waals surface area contributed by atoms with Crippen molar-refractivity contribution in [2.45, 2.75) is 19.3 Å². The van der Waals surface area contributed by atoms with E-state index in [0.29, 0.717) is 25.9 Å². The highest BCUT2D eigenvalue weighted by Gasteiger charge is 2.10. The SMILES string of the molecule is COc1ccccc1CCNC(=O)CC(=O)NCCc1ccccc1OC. The summed E-state index contributed by atoms with van der Waals surface area (Å²) in [6.45, 7) is 0.904. The van der Waals surface area contributed by atoms with Crippen LogP contribution < -0.4 is 20.1 Å². The highest BCUT2D eigenvalue weighted by Crippen LogP contribution is 2.18. The van der Waals surface area contributed by atoms with Crippen molar-refractivity contribution in [3.05, 3.63) is 59.7 Å². The first-order valence-corrected chi connectivity index (χ1v) is 8.91. The lowest BCUT2D eigenvalue weighted by atomic mass is 10.1.